The molecule has 0 aliphatic carbocycles. The Labute approximate surface area is 165 Å². The average molecular weight is 398 g/mol. The lowest BCUT2D eigenvalue weighted by molar-refractivity contribution is -0.135. The maximum Gasteiger partial charge on any atom is 0.248 e. The lowest BCUT2D eigenvalue weighted by Gasteiger charge is -2.33. The van der Waals surface area contributed by atoms with Gasteiger partial charge in [-0.1, -0.05) is 20.3 Å². The van der Waals surface area contributed by atoms with E-state index in [1.165, 1.54) is 0 Å². The second kappa shape index (κ2) is 11.4. The van der Waals surface area contributed by atoms with Gasteiger partial charge in [-0.05, 0) is 52.0 Å². The van der Waals surface area contributed by atoms with Gasteiger partial charge >= 0.3 is 0 Å². The summed E-state index contributed by atoms with van der Waals surface area (Å²) in [7, 11) is 3.71. The highest BCUT2D eigenvalue weighted by molar-refractivity contribution is 7.40. The molecule has 27 heavy (non-hydrogen) atoms. The number of likely N-dealkylation sites (N-methyl/N-ethyl adjacent to an activating group) is 3. The summed E-state index contributed by atoms with van der Waals surface area (Å²) in [6, 6.07) is -0.732. The van der Waals surface area contributed by atoms with Crippen LogP contribution < -0.4 is 10.6 Å². The molecule has 7 nitrogen and oxygen atoms in total. The van der Waals surface area contributed by atoms with Crippen LogP contribution in [-0.4, -0.2) is 66.6 Å². The fourth-order valence-corrected chi connectivity index (χ4v) is 3.79. The minimum absolute atomic E-state index is 0.0175. The largest absolute Gasteiger partial charge is 0.353 e. The Morgan fingerprint density at radius 1 is 1.30 bits per heavy atom. The van der Waals surface area contributed by atoms with Crippen LogP contribution in [0.15, 0.2) is 11.4 Å². The van der Waals surface area contributed by atoms with Crippen molar-refractivity contribution in [3.05, 3.63) is 11.4 Å². The zero-order valence-corrected chi connectivity index (χ0v) is 18.5. The van der Waals surface area contributed by atoms with Gasteiger partial charge in [0.2, 0.25) is 17.7 Å². The molecule has 3 amide bonds. The number of hydrogen-bond acceptors (Lipinski definition) is 4. The normalized spacial score (nSPS) is 20.0. The minimum Gasteiger partial charge on any atom is -0.353 e. The molecule has 1 aliphatic rings. The lowest BCUT2D eigenvalue weighted by atomic mass is 9.99. The Bertz CT molecular complexity index is 565. The number of hydrogen-bond donors (Lipinski definition) is 2. The first kappa shape index (κ1) is 23.6. The molecule has 0 spiro atoms. The molecule has 0 aromatic carbocycles. The van der Waals surface area contributed by atoms with Crippen molar-refractivity contribution < 1.29 is 14.4 Å². The quantitative estimate of drug-likeness (QED) is 0.482. The monoisotopic (exact) mass is 398 g/mol. The van der Waals surface area contributed by atoms with Gasteiger partial charge in [0.25, 0.3) is 0 Å². The summed E-state index contributed by atoms with van der Waals surface area (Å²) < 4.78 is 1.58. The minimum atomic E-state index is -0.566. The molecule has 3 unspecified atom stereocenters. The summed E-state index contributed by atoms with van der Waals surface area (Å²) >= 11 is 0. The van der Waals surface area contributed by atoms with Gasteiger partial charge in [0.15, 0.2) is 0 Å². The van der Waals surface area contributed by atoms with Crippen molar-refractivity contribution in [3.8, 4) is 0 Å². The molecule has 0 aromatic heterocycles. The Kier molecular flexibility index (Phi) is 9.95. The maximum atomic E-state index is 12.9. The standard InChI is InChI=1S/C19H35N4O3P/c1-7-20-17(24)14(4)12-27-23(6)19(26)16(13(2)3)21-18(25)15-10-8-9-11-22(15)5/h12-13,15-16,27H,7-11H2,1-6H3,(H,20,24)(H,21,25)/b14-12+. The summed E-state index contributed by atoms with van der Waals surface area (Å²) in [5, 5.41) is 5.70. The summed E-state index contributed by atoms with van der Waals surface area (Å²) in [5.41, 5.74) is 0.587. The van der Waals surface area contributed by atoms with Crippen LogP contribution in [0, 0.1) is 5.92 Å². The van der Waals surface area contributed by atoms with Crippen LogP contribution in [0.3, 0.4) is 0 Å². The molecule has 1 heterocycles. The first-order chi connectivity index (χ1) is 12.7. The molecule has 1 aliphatic heterocycles. The molecule has 1 rings (SSSR count). The van der Waals surface area contributed by atoms with Gasteiger partial charge in [0, 0.05) is 27.9 Å². The van der Waals surface area contributed by atoms with Gasteiger partial charge in [-0.3, -0.25) is 19.3 Å². The molecular weight excluding hydrogens is 363 g/mol. The van der Waals surface area contributed by atoms with Crippen molar-refractivity contribution >= 4 is 26.5 Å². The highest BCUT2D eigenvalue weighted by atomic mass is 31.1. The van der Waals surface area contributed by atoms with E-state index in [1.54, 1.807) is 24.5 Å². The Morgan fingerprint density at radius 2 is 1.96 bits per heavy atom. The molecule has 0 aromatic rings. The van der Waals surface area contributed by atoms with Crippen molar-refractivity contribution in [2.45, 2.75) is 59.0 Å². The second-order valence-corrected chi connectivity index (χ2v) is 8.65. The number of carbonyl (C=O) groups is 3. The summed E-state index contributed by atoms with van der Waals surface area (Å²) in [5.74, 6) is 1.41. The second-order valence-electron chi connectivity index (χ2n) is 7.44. The zero-order chi connectivity index (χ0) is 20.6. The van der Waals surface area contributed by atoms with Gasteiger partial charge < -0.3 is 15.3 Å². The van der Waals surface area contributed by atoms with Gasteiger partial charge in [-0.15, -0.1) is 0 Å². The maximum absolute atomic E-state index is 12.9. The summed E-state index contributed by atoms with van der Waals surface area (Å²) in [6.07, 6.45) is 2.97. The SMILES string of the molecule is CCNC(=O)/C(C)=C/PN(C)C(=O)C(NC(=O)C1CCCCN1C)C(C)C. The Hall–Kier alpha value is -1.46. The zero-order valence-electron chi connectivity index (χ0n) is 17.5. The van der Waals surface area contributed by atoms with Gasteiger partial charge in [-0.25, -0.2) is 0 Å². The first-order valence-electron chi connectivity index (χ1n) is 9.68. The van der Waals surface area contributed by atoms with Gasteiger partial charge in [-0.2, -0.15) is 0 Å². The van der Waals surface area contributed by atoms with Gasteiger partial charge in [0.1, 0.15) is 6.04 Å². The Balaban J connectivity index is 2.72. The van der Waals surface area contributed by atoms with E-state index in [0.717, 1.165) is 25.8 Å². The number of carbonyl (C=O) groups excluding carboxylic acids is 3. The number of amides is 3. The van der Waals surface area contributed by atoms with Crippen molar-refractivity contribution in [2.24, 2.45) is 5.92 Å². The van der Waals surface area contributed by atoms with Crippen LogP contribution in [-0.2, 0) is 14.4 Å². The first-order valence-corrected chi connectivity index (χ1v) is 10.7. The van der Waals surface area contributed by atoms with Crippen LogP contribution in [0.2, 0.25) is 0 Å². The lowest BCUT2D eigenvalue weighted by Crippen LogP contribution is -2.55. The number of rotatable bonds is 8. The fraction of sp³-hybridized carbons (Fsp3) is 0.737. The van der Waals surface area contributed by atoms with Crippen LogP contribution in [0.25, 0.3) is 0 Å². The third kappa shape index (κ3) is 7.23. The molecule has 0 saturated carbocycles. The van der Waals surface area contributed by atoms with E-state index >= 15 is 0 Å². The highest BCUT2D eigenvalue weighted by Crippen LogP contribution is 2.23. The van der Waals surface area contributed by atoms with Crippen LogP contribution in [0.4, 0.5) is 0 Å². The smallest absolute Gasteiger partial charge is 0.248 e. The Morgan fingerprint density at radius 3 is 2.52 bits per heavy atom. The number of likely N-dealkylation sites (tertiary alicyclic amines) is 1. The van der Waals surface area contributed by atoms with E-state index in [9.17, 15) is 14.4 Å². The van der Waals surface area contributed by atoms with Crippen molar-refractivity contribution in [1.29, 1.82) is 0 Å². The molecule has 3 atom stereocenters. The fourth-order valence-electron chi connectivity index (χ4n) is 3.00. The van der Waals surface area contributed by atoms with E-state index in [0.29, 0.717) is 12.1 Å². The van der Waals surface area contributed by atoms with Crippen molar-refractivity contribution in [1.82, 2.24) is 20.2 Å². The highest BCUT2D eigenvalue weighted by Gasteiger charge is 2.32. The topological polar surface area (TPSA) is 81.8 Å². The van der Waals surface area contributed by atoms with Crippen molar-refractivity contribution in [3.63, 3.8) is 0 Å². The van der Waals surface area contributed by atoms with Crippen molar-refractivity contribution in [2.75, 3.05) is 27.2 Å². The van der Waals surface area contributed by atoms with E-state index in [-0.39, 0.29) is 38.4 Å². The van der Waals surface area contributed by atoms with Gasteiger partial charge in [0.05, 0.1) is 6.04 Å². The van der Waals surface area contributed by atoms with Crippen LogP contribution in [0.1, 0.15) is 47.0 Å². The summed E-state index contributed by atoms with van der Waals surface area (Å²) in [4.78, 5) is 39.4. The molecule has 8 heteroatoms. The average Bonchev–Trinajstić information content (AvgIpc) is 2.63. The van der Waals surface area contributed by atoms with E-state index in [1.807, 2.05) is 27.8 Å². The predicted octanol–water partition coefficient (Wildman–Crippen LogP) is 1.70. The third-order valence-electron chi connectivity index (χ3n) is 4.80. The molecular formula is C19H35N4O3P. The van der Waals surface area contributed by atoms with Crippen LogP contribution >= 0.6 is 8.73 Å². The third-order valence-corrected chi connectivity index (χ3v) is 5.97. The number of piperidine rings is 1. The summed E-state index contributed by atoms with van der Waals surface area (Å²) in [6.45, 7) is 8.93. The molecule has 0 radical (unpaired) electrons. The number of nitrogens with zero attached hydrogens (tertiary/aromatic N) is 2. The predicted molar refractivity (Wildman–Crippen MR) is 111 cm³/mol. The van der Waals surface area contributed by atoms with E-state index in [2.05, 4.69) is 15.5 Å². The van der Waals surface area contributed by atoms with E-state index < -0.39 is 6.04 Å². The molecule has 2 N–H and O–H groups in total. The van der Waals surface area contributed by atoms with E-state index in [4.69, 9.17) is 0 Å². The van der Waals surface area contributed by atoms with Crippen LogP contribution in [0.5, 0.6) is 0 Å². The molecule has 154 valence electrons. The molecule has 1 fully saturated rings. The molecule has 0 bridgehead atoms. The number of nitrogens with one attached hydrogen (secondary N) is 2. The molecule has 1 saturated heterocycles.